The van der Waals surface area contributed by atoms with Crippen LogP contribution in [0, 0.1) is 17.2 Å². The fourth-order valence-corrected chi connectivity index (χ4v) is 2.90. The van der Waals surface area contributed by atoms with E-state index in [-0.39, 0.29) is 10.6 Å². The summed E-state index contributed by atoms with van der Waals surface area (Å²) in [5, 5.41) is 12.9. The Kier molecular flexibility index (Phi) is 4.24. The zero-order valence-electron chi connectivity index (χ0n) is 10.6. The van der Waals surface area contributed by atoms with Crippen LogP contribution in [0.2, 0.25) is 0 Å². The van der Waals surface area contributed by atoms with Crippen LogP contribution in [0.3, 0.4) is 0 Å². The van der Waals surface area contributed by atoms with E-state index in [2.05, 4.69) is 10.1 Å². The average molecular weight is 281 g/mol. The summed E-state index contributed by atoms with van der Waals surface area (Å²) in [4.78, 5) is 11.8. The van der Waals surface area contributed by atoms with Gasteiger partial charge in [0.05, 0.1) is 19.4 Å². The summed E-state index contributed by atoms with van der Waals surface area (Å²) in [7, 11) is 1.29. The quantitative estimate of drug-likeness (QED) is 0.810. The topological polar surface area (TPSA) is 97.4 Å². The molecule has 19 heavy (non-hydrogen) atoms. The standard InChI is InChI=1S/C12H15N3O3S/c1-17-12(16)10-9(14)8(4-13)11(19-10)15-5-7-2-3-18-6-7/h7,15H,2-3,5-6,14H2,1H3. The van der Waals surface area contributed by atoms with E-state index in [1.807, 2.05) is 6.07 Å². The molecule has 1 aliphatic rings. The van der Waals surface area contributed by atoms with Crippen LogP contribution >= 0.6 is 11.3 Å². The lowest BCUT2D eigenvalue weighted by molar-refractivity contribution is 0.0607. The van der Waals surface area contributed by atoms with Gasteiger partial charge in [-0.1, -0.05) is 0 Å². The second kappa shape index (κ2) is 5.91. The SMILES string of the molecule is COC(=O)c1sc(NCC2CCOC2)c(C#N)c1N. The Morgan fingerprint density at radius 1 is 1.74 bits per heavy atom. The molecule has 1 atom stereocenters. The molecule has 0 aliphatic carbocycles. The Morgan fingerprint density at radius 2 is 2.53 bits per heavy atom. The third-order valence-corrected chi connectivity index (χ3v) is 4.15. The van der Waals surface area contributed by atoms with Gasteiger partial charge in [0.15, 0.2) is 0 Å². The van der Waals surface area contributed by atoms with E-state index in [9.17, 15) is 4.79 Å². The van der Waals surface area contributed by atoms with Crippen molar-refractivity contribution in [2.24, 2.45) is 5.92 Å². The van der Waals surface area contributed by atoms with E-state index >= 15 is 0 Å². The summed E-state index contributed by atoms with van der Waals surface area (Å²) in [6, 6.07) is 2.02. The molecule has 0 bridgehead atoms. The number of hydrogen-bond donors (Lipinski definition) is 2. The Balaban J connectivity index is 2.15. The van der Waals surface area contributed by atoms with Gasteiger partial charge in [0.25, 0.3) is 0 Å². The molecule has 1 aromatic rings. The van der Waals surface area contributed by atoms with Gasteiger partial charge in [-0.2, -0.15) is 5.26 Å². The third-order valence-electron chi connectivity index (χ3n) is 3.00. The van der Waals surface area contributed by atoms with Crippen molar-refractivity contribution in [3.8, 4) is 6.07 Å². The fourth-order valence-electron chi connectivity index (χ4n) is 1.91. The minimum atomic E-state index is -0.517. The molecule has 1 fully saturated rings. The molecular formula is C12H15N3O3S. The van der Waals surface area contributed by atoms with Crippen molar-refractivity contribution in [3.63, 3.8) is 0 Å². The number of hydrogen-bond acceptors (Lipinski definition) is 7. The Bertz CT molecular complexity index is 515. The number of nitriles is 1. The van der Waals surface area contributed by atoms with Crippen molar-refractivity contribution in [1.29, 1.82) is 5.26 Å². The molecule has 0 aromatic carbocycles. The van der Waals surface area contributed by atoms with Gasteiger partial charge in [-0.3, -0.25) is 0 Å². The number of anilines is 2. The maximum atomic E-state index is 11.5. The van der Waals surface area contributed by atoms with E-state index in [0.717, 1.165) is 31.0 Å². The molecule has 0 radical (unpaired) electrons. The number of rotatable bonds is 4. The number of thiophene rings is 1. The molecule has 102 valence electrons. The van der Waals surface area contributed by atoms with Gasteiger partial charge in [-0.15, -0.1) is 11.3 Å². The maximum Gasteiger partial charge on any atom is 0.350 e. The molecule has 2 rings (SSSR count). The highest BCUT2D eigenvalue weighted by molar-refractivity contribution is 7.18. The molecule has 1 aliphatic heterocycles. The zero-order chi connectivity index (χ0) is 13.8. The summed E-state index contributed by atoms with van der Waals surface area (Å²) < 4.78 is 9.93. The van der Waals surface area contributed by atoms with Crippen LogP contribution in [0.25, 0.3) is 0 Å². The highest BCUT2D eigenvalue weighted by atomic mass is 32.1. The van der Waals surface area contributed by atoms with Crippen molar-refractivity contribution >= 4 is 28.0 Å². The van der Waals surface area contributed by atoms with E-state index in [1.165, 1.54) is 7.11 Å². The molecule has 1 aromatic heterocycles. The highest BCUT2D eigenvalue weighted by Gasteiger charge is 2.22. The Labute approximate surface area is 115 Å². The zero-order valence-corrected chi connectivity index (χ0v) is 11.4. The van der Waals surface area contributed by atoms with Crippen LogP contribution in [-0.4, -0.2) is 32.8 Å². The number of carbonyl (C=O) groups excluding carboxylic acids is 1. The van der Waals surface area contributed by atoms with E-state index in [0.29, 0.717) is 23.0 Å². The molecule has 7 heteroatoms. The molecular weight excluding hydrogens is 266 g/mol. The van der Waals surface area contributed by atoms with Crippen molar-refractivity contribution in [2.45, 2.75) is 6.42 Å². The van der Waals surface area contributed by atoms with Gasteiger partial charge in [-0.25, -0.2) is 4.79 Å². The second-order valence-corrected chi connectivity index (χ2v) is 5.28. The van der Waals surface area contributed by atoms with Gasteiger partial charge in [0, 0.05) is 19.1 Å². The average Bonchev–Trinajstić information content (AvgIpc) is 3.03. The summed E-state index contributed by atoms with van der Waals surface area (Å²) in [5.74, 6) is -0.0901. The summed E-state index contributed by atoms with van der Waals surface area (Å²) in [6.45, 7) is 2.20. The number of nitrogen functional groups attached to an aromatic ring is 1. The van der Waals surface area contributed by atoms with E-state index < -0.39 is 5.97 Å². The van der Waals surface area contributed by atoms with Crippen LogP contribution < -0.4 is 11.1 Å². The molecule has 6 nitrogen and oxygen atoms in total. The number of carbonyl (C=O) groups is 1. The molecule has 0 amide bonds. The van der Waals surface area contributed by atoms with Crippen LogP contribution in [0.4, 0.5) is 10.7 Å². The smallest absolute Gasteiger partial charge is 0.350 e. The lowest BCUT2D eigenvalue weighted by Gasteiger charge is -2.08. The Morgan fingerprint density at radius 3 is 3.11 bits per heavy atom. The first kappa shape index (κ1) is 13.6. The summed E-state index contributed by atoms with van der Waals surface area (Å²) in [6.07, 6.45) is 1.000. The monoisotopic (exact) mass is 281 g/mol. The number of ether oxygens (including phenoxy) is 2. The van der Waals surface area contributed by atoms with Crippen molar-refractivity contribution in [1.82, 2.24) is 0 Å². The number of nitrogens with one attached hydrogen (secondary N) is 1. The predicted octanol–water partition coefficient (Wildman–Crippen LogP) is 1.44. The van der Waals surface area contributed by atoms with Crippen molar-refractivity contribution < 1.29 is 14.3 Å². The normalized spacial score (nSPS) is 18.0. The van der Waals surface area contributed by atoms with Crippen LogP contribution in [0.1, 0.15) is 21.7 Å². The first-order valence-electron chi connectivity index (χ1n) is 5.89. The van der Waals surface area contributed by atoms with E-state index in [1.54, 1.807) is 0 Å². The first-order valence-corrected chi connectivity index (χ1v) is 6.71. The number of esters is 1. The third kappa shape index (κ3) is 2.80. The second-order valence-electron chi connectivity index (χ2n) is 4.26. The lowest BCUT2D eigenvalue weighted by atomic mass is 10.1. The van der Waals surface area contributed by atoms with Crippen molar-refractivity contribution in [2.75, 3.05) is 37.9 Å². The van der Waals surface area contributed by atoms with Gasteiger partial charge < -0.3 is 20.5 Å². The Hall–Kier alpha value is -1.78. The fraction of sp³-hybridized carbons (Fsp3) is 0.500. The van der Waals surface area contributed by atoms with Gasteiger partial charge in [0.1, 0.15) is 21.5 Å². The molecule has 3 N–H and O–H groups in total. The summed E-state index contributed by atoms with van der Waals surface area (Å²) in [5.41, 5.74) is 6.29. The molecule has 0 saturated carbocycles. The lowest BCUT2D eigenvalue weighted by Crippen LogP contribution is -2.13. The van der Waals surface area contributed by atoms with Crippen molar-refractivity contribution in [3.05, 3.63) is 10.4 Å². The largest absolute Gasteiger partial charge is 0.465 e. The highest BCUT2D eigenvalue weighted by Crippen LogP contribution is 2.35. The molecule has 1 saturated heterocycles. The summed E-state index contributed by atoms with van der Waals surface area (Å²) >= 11 is 1.15. The minimum absolute atomic E-state index is 0.185. The van der Waals surface area contributed by atoms with Gasteiger partial charge >= 0.3 is 5.97 Å². The van der Waals surface area contributed by atoms with Crippen LogP contribution in [-0.2, 0) is 9.47 Å². The van der Waals surface area contributed by atoms with Crippen LogP contribution in [0.5, 0.6) is 0 Å². The maximum absolute atomic E-state index is 11.5. The first-order chi connectivity index (χ1) is 9.17. The molecule has 2 heterocycles. The number of nitrogens with zero attached hydrogens (tertiary/aromatic N) is 1. The molecule has 0 spiro atoms. The minimum Gasteiger partial charge on any atom is -0.465 e. The molecule has 1 unspecified atom stereocenters. The van der Waals surface area contributed by atoms with Gasteiger partial charge in [0.2, 0.25) is 0 Å². The number of methoxy groups -OCH3 is 1. The number of nitrogens with two attached hydrogens (primary N) is 1. The van der Waals surface area contributed by atoms with E-state index in [4.69, 9.17) is 15.7 Å². The van der Waals surface area contributed by atoms with Gasteiger partial charge in [-0.05, 0) is 6.42 Å². The predicted molar refractivity (Wildman–Crippen MR) is 72.2 cm³/mol. The van der Waals surface area contributed by atoms with Crippen LogP contribution in [0.15, 0.2) is 0 Å².